The Morgan fingerprint density at radius 2 is 0.969 bits per heavy atom. The molecule has 32 heavy (non-hydrogen) atoms. The zero-order valence-corrected chi connectivity index (χ0v) is 21.9. The van der Waals surface area contributed by atoms with Crippen LogP contribution in [0, 0.1) is 0 Å². The number of carbonyl (C=O) groups excluding carboxylic acids is 2. The normalized spacial score (nSPS) is 12.1. The van der Waals surface area contributed by atoms with Gasteiger partial charge in [-0.15, -0.1) is 0 Å². The van der Waals surface area contributed by atoms with Gasteiger partial charge in [0.25, 0.3) is 0 Å². The largest absolute Gasteiger partial charge is 0.886 e. The Labute approximate surface area is 220 Å². The highest BCUT2D eigenvalue weighted by Crippen LogP contribution is 2.35. The van der Waals surface area contributed by atoms with Crippen LogP contribution < -0.4 is 9.47 Å². The lowest BCUT2D eigenvalue weighted by atomic mass is 10.3. The average Bonchev–Trinajstić information content (AvgIpc) is 2.69. The fraction of sp³-hybridized carbons (Fsp3) is 0.222. The smallest absolute Gasteiger partial charge is 0.587 e. The molecule has 0 spiro atoms. The number of halogens is 6. The number of benzene rings is 2. The number of hydrogen-bond donors (Lipinski definition) is 0. The van der Waals surface area contributed by atoms with Gasteiger partial charge in [-0.05, 0) is 26.0 Å². The van der Waals surface area contributed by atoms with Crippen molar-refractivity contribution in [2.75, 3.05) is 0 Å². The first-order valence-electron chi connectivity index (χ1n) is 8.34. The monoisotopic (exact) mass is 579 g/mol. The van der Waals surface area contributed by atoms with E-state index in [1.165, 1.54) is 38.1 Å². The van der Waals surface area contributed by atoms with Crippen LogP contribution in [0.5, 0.6) is 11.5 Å². The van der Waals surface area contributed by atoms with Crippen molar-refractivity contribution in [2.45, 2.75) is 26.1 Å². The first-order chi connectivity index (χ1) is 14.5. The molecule has 2 unspecified atom stereocenters. The van der Waals surface area contributed by atoms with E-state index >= 15 is 0 Å². The van der Waals surface area contributed by atoms with Crippen molar-refractivity contribution in [2.24, 2.45) is 0 Å². The van der Waals surface area contributed by atoms with Crippen LogP contribution in [-0.2, 0) is 17.2 Å². The number of ether oxygens (including phenoxy) is 2. The molecule has 0 heterocycles. The van der Waals surface area contributed by atoms with Crippen molar-refractivity contribution in [1.82, 2.24) is 0 Å². The number of rotatable bonds is 8. The predicted molar refractivity (Wildman–Crippen MR) is 125 cm³/mol. The van der Waals surface area contributed by atoms with Crippen LogP contribution in [0.2, 0.25) is 30.1 Å². The third-order valence-corrected chi connectivity index (χ3v) is 6.24. The van der Waals surface area contributed by atoms with E-state index in [-0.39, 0.29) is 47.1 Å². The average molecular weight is 582 g/mol. The molecular formula is C18H14AlCl6O7. The molecule has 2 atom stereocenters. The quantitative estimate of drug-likeness (QED) is 0.295. The summed E-state index contributed by atoms with van der Waals surface area (Å²) in [7, 11) is 0. The van der Waals surface area contributed by atoms with E-state index in [9.17, 15) is 9.59 Å². The Bertz CT molecular complexity index is 913. The second-order valence-electron chi connectivity index (χ2n) is 5.88. The predicted octanol–water partition coefficient (Wildman–Crippen LogP) is 5.64. The summed E-state index contributed by atoms with van der Waals surface area (Å²) >= 11 is 34.0. The third-order valence-electron chi connectivity index (χ3n) is 3.55. The van der Waals surface area contributed by atoms with Crippen molar-refractivity contribution in [3.8, 4) is 11.5 Å². The van der Waals surface area contributed by atoms with Gasteiger partial charge >= 0.3 is 27.8 Å². The molecule has 0 aliphatic rings. The van der Waals surface area contributed by atoms with Crippen LogP contribution in [0.15, 0.2) is 24.3 Å². The molecule has 7 nitrogen and oxygen atoms in total. The molecule has 0 aromatic heterocycles. The SMILES string of the molecule is CC(Oc1cc(Cl)c(Cl)cc1Cl)C(=O)[O][Al][O]C(=O)C(C)Oc1cc(Cl)c(Cl)cc1Cl.O. The summed E-state index contributed by atoms with van der Waals surface area (Å²) in [4.78, 5) is 24.1. The van der Waals surface area contributed by atoms with Gasteiger partial charge in [0.15, 0.2) is 12.2 Å². The molecule has 2 N–H and O–H groups in total. The van der Waals surface area contributed by atoms with Gasteiger partial charge in [0.1, 0.15) is 11.5 Å². The first-order valence-corrected chi connectivity index (χ1v) is 11.6. The molecule has 2 aromatic carbocycles. The molecule has 0 amide bonds. The Morgan fingerprint density at radius 1 is 0.656 bits per heavy atom. The minimum atomic E-state index is -1.47. The maximum Gasteiger partial charge on any atom is 0.886 e. The molecule has 0 fully saturated rings. The van der Waals surface area contributed by atoms with Gasteiger partial charge in [-0.2, -0.15) is 0 Å². The Morgan fingerprint density at radius 3 is 1.31 bits per heavy atom. The summed E-state index contributed by atoms with van der Waals surface area (Å²) in [5.41, 5.74) is 0. The van der Waals surface area contributed by atoms with Crippen molar-refractivity contribution in [3.05, 3.63) is 54.4 Å². The molecule has 0 aliphatic heterocycles. The van der Waals surface area contributed by atoms with Crippen molar-refractivity contribution in [1.29, 1.82) is 0 Å². The zero-order chi connectivity index (χ0) is 23.3. The molecule has 0 saturated heterocycles. The van der Waals surface area contributed by atoms with Gasteiger partial charge in [0.2, 0.25) is 0 Å². The van der Waals surface area contributed by atoms with E-state index in [0.29, 0.717) is 0 Å². The second-order valence-corrected chi connectivity index (χ2v) is 8.99. The Balaban J connectivity index is 0.00000512. The van der Waals surface area contributed by atoms with E-state index in [2.05, 4.69) is 0 Å². The summed E-state index contributed by atoms with van der Waals surface area (Å²) in [5, 5.41) is 1.22. The highest BCUT2D eigenvalue weighted by Gasteiger charge is 2.25. The topological polar surface area (TPSA) is 103 Å². The maximum atomic E-state index is 12.1. The molecule has 173 valence electrons. The lowest BCUT2D eigenvalue weighted by Crippen LogP contribution is -2.32. The fourth-order valence-electron chi connectivity index (χ4n) is 1.98. The molecule has 1 radical (unpaired) electrons. The van der Waals surface area contributed by atoms with E-state index in [0.717, 1.165) is 0 Å². The summed E-state index contributed by atoms with van der Waals surface area (Å²) in [6, 6.07) is 5.51. The lowest BCUT2D eigenvalue weighted by Gasteiger charge is -2.17. The van der Waals surface area contributed by atoms with Crippen LogP contribution in [0.3, 0.4) is 0 Å². The van der Waals surface area contributed by atoms with Crippen LogP contribution >= 0.6 is 69.6 Å². The highest BCUT2D eigenvalue weighted by atomic mass is 35.5. The third kappa shape index (κ3) is 8.21. The molecule has 0 bridgehead atoms. The van der Waals surface area contributed by atoms with E-state index < -0.39 is 40.0 Å². The van der Waals surface area contributed by atoms with Gasteiger partial charge in [-0.25, -0.2) is 0 Å². The first kappa shape index (κ1) is 29.2. The van der Waals surface area contributed by atoms with Gasteiger partial charge in [-0.3, -0.25) is 9.59 Å². The number of hydrogen-bond acceptors (Lipinski definition) is 6. The van der Waals surface area contributed by atoms with E-state index in [4.69, 9.17) is 86.7 Å². The highest BCUT2D eigenvalue weighted by molar-refractivity contribution is 6.44. The van der Waals surface area contributed by atoms with E-state index in [1.54, 1.807) is 0 Å². The molecule has 0 saturated carbocycles. The molecule has 0 aliphatic carbocycles. The lowest BCUT2D eigenvalue weighted by molar-refractivity contribution is -0.146. The standard InChI is InChI=1S/2C9H7Cl3O3.Al.H2O/c2*1-4(9(13)14)15-8-3-6(11)5(10)2-7(8)12;;/h2*2-4H,1H3,(H,13,14);;1H2/q;;+2;/p-2. The molecule has 14 heteroatoms. The van der Waals surface area contributed by atoms with E-state index in [1.807, 2.05) is 0 Å². The summed E-state index contributed by atoms with van der Waals surface area (Å²) in [6.07, 6.45) is -2.10. The summed E-state index contributed by atoms with van der Waals surface area (Å²) in [5.74, 6) is -1.25. The maximum absolute atomic E-state index is 12.1. The minimum absolute atomic E-state index is 0. The van der Waals surface area contributed by atoms with Crippen LogP contribution in [-0.4, -0.2) is 45.5 Å². The van der Waals surface area contributed by atoms with Crippen LogP contribution in [0.4, 0.5) is 0 Å². The molecule has 2 rings (SSSR count). The molecule has 2 aromatic rings. The summed E-state index contributed by atoms with van der Waals surface area (Å²) in [6.45, 7) is 2.86. The van der Waals surface area contributed by atoms with Gasteiger partial charge in [0.05, 0.1) is 30.1 Å². The van der Waals surface area contributed by atoms with Gasteiger partial charge in [0, 0.05) is 12.1 Å². The Kier molecular flexibility index (Phi) is 12.1. The Hall–Kier alpha value is -0.788. The van der Waals surface area contributed by atoms with Gasteiger partial charge in [-0.1, -0.05) is 69.6 Å². The van der Waals surface area contributed by atoms with Crippen molar-refractivity contribution in [3.63, 3.8) is 0 Å². The molecular weight excluding hydrogens is 568 g/mol. The van der Waals surface area contributed by atoms with Crippen molar-refractivity contribution < 1.29 is 32.1 Å². The minimum Gasteiger partial charge on any atom is -0.587 e. The van der Waals surface area contributed by atoms with Gasteiger partial charge < -0.3 is 22.5 Å². The van der Waals surface area contributed by atoms with Crippen LogP contribution in [0.25, 0.3) is 0 Å². The van der Waals surface area contributed by atoms with Crippen molar-refractivity contribution >= 4 is 97.4 Å². The van der Waals surface area contributed by atoms with Crippen LogP contribution in [0.1, 0.15) is 13.8 Å². The zero-order valence-electron chi connectivity index (χ0n) is 16.3. The number of carbonyl (C=O) groups is 2. The second kappa shape index (κ2) is 13.2. The summed E-state index contributed by atoms with van der Waals surface area (Å²) < 4.78 is 20.7. The fourth-order valence-corrected chi connectivity index (χ4v) is 3.76.